The minimum absolute atomic E-state index is 0.0940. The van der Waals surface area contributed by atoms with Gasteiger partial charge in [0.2, 0.25) is 11.8 Å². The average Bonchev–Trinajstić information content (AvgIpc) is 2.47. The lowest BCUT2D eigenvalue weighted by Crippen LogP contribution is -2.37. The van der Waals surface area contributed by atoms with Gasteiger partial charge < -0.3 is 10.6 Å². The monoisotopic (exact) mass is 300 g/mol. The van der Waals surface area contributed by atoms with Crippen molar-refractivity contribution in [2.24, 2.45) is 5.92 Å². The summed E-state index contributed by atoms with van der Waals surface area (Å²) in [5.74, 6) is -1.70. The Balaban J connectivity index is 2.18. The number of benzene rings is 1. The third-order valence-corrected chi connectivity index (χ3v) is 3.25. The molecule has 8 nitrogen and oxygen atoms in total. The Kier molecular flexibility index (Phi) is 4.18. The molecule has 0 saturated carbocycles. The predicted octanol–water partition coefficient (Wildman–Crippen LogP) is 1.47. The zero-order valence-corrected chi connectivity index (χ0v) is 11.6. The number of amides is 2. The highest BCUT2D eigenvalue weighted by Crippen LogP contribution is 2.24. The maximum Gasteiger partial charge on any atom is 0.269 e. The van der Waals surface area contributed by atoms with Gasteiger partial charge in [-0.25, -0.2) is 0 Å². The summed E-state index contributed by atoms with van der Waals surface area (Å²) < 4.78 is 0. The van der Waals surface area contributed by atoms with Crippen molar-refractivity contribution in [3.05, 3.63) is 45.6 Å². The second kappa shape index (κ2) is 6.05. The SMILES string of the molecule is CC1=C(C#N)[C@@H](C(=O)Nc2ccc([N+](=O)[O-])cc2)CC(=O)N1. The number of carbonyl (C=O) groups excluding carboxylic acids is 2. The van der Waals surface area contributed by atoms with Crippen molar-refractivity contribution < 1.29 is 14.5 Å². The first-order valence-corrected chi connectivity index (χ1v) is 6.38. The highest BCUT2D eigenvalue weighted by atomic mass is 16.6. The van der Waals surface area contributed by atoms with Crippen molar-refractivity contribution in [2.75, 3.05) is 5.32 Å². The quantitative estimate of drug-likeness (QED) is 0.645. The topological polar surface area (TPSA) is 125 Å². The standard InChI is InChI=1S/C14H12N4O4/c1-8-12(7-15)11(6-13(19)16-8)14(20)17-9-2-4-10(5-3-9)18(21)22/h2-5,11H,6H2,1H3,(H,16,19)(H,17,20)/t11-/m0/s1. The van der Waals surface area contributed by atoms with E-state index in [1.165, 1.54) is 24.3 Å². The van der Waals surface area contributed by atoms with Gasteiger partial charge in [0, 0.05) is 29.9 Å². The minimum atomic E-state index is -0.867. The van der Waals surface area contributed by atoms with Crippen molar-refractivity contribution in [1.29, 1.82) is 5.26 Å². The van der Waals surface area contributed by atoms with E-state index < -0.39 is 16.7 Å². The highest BCUT2D eigenvalue weighted by molar-refractivity contribution is 5.99. The summed E-state index contributed by atoms with van der Waals surface area (Å²) in [6.45, 7) is 1.56. The number of allylic oxidation sites excluding steroid dienone is 1. The van der Waals surface area contributed by atoms with Gasteiger partial charge in [0.1, 0.15) is 0 Å². The fourth-order valence-corrected chi connectivity index (χ4v) is 2.16. The third-order valence-electron chi connectivity index (χ3n) is 3.25. The first-order valence-electron chi connectivity index (χ1n) is 6.38. The number of nitrogens with one attached hydrogen (secondary N) is 2. The maximum absolute atomic E-state index is 12.2. The fraction of sp³-hybridized carbons (Fsp3) is 0.214. The minimum Gasteiger partial charge on any atom is -0.329 e. The molecule has 0 radical (unpaired) electrons. The van der Waals surface area contributed by atoms with Gasteiger partial charge in [-0.3, -0.25) is 19.7 Å². The number of nitro groups is 1. The van der Waals surface area contributed by atoms with Crippen LogP contribution in [-0.4, -0.2) is 16.7 Å². The van der Waals surface area contributed by atoms with Crippen molar-refractivity contribution in [2.45, 2.75) is 13.3 Å². The van der Waals surface area contributed by atoms with Gasteiger partial charge in [-0.05, 0) is 19.1 Å². The molecular weight excluding hydrogens is 288 g/mol. The number of hydrogen-bond donors (Lipinski definition) is 2. The molecule has 1 aliphatic rings. The molecule has 1 aromatic rings. The summed E-state index contributed by atoms with van der Waals surface area (Å²) in [7, 11) is 0. The predicted molar refractivity (Wildman–Crippen MR) is 76.3 cm³/mol. The smallest absolute Gasteiger partial charge is 0.269 e. The van der Waals surface area contributed by atoms with Crippen LogP contribution in [0.4, 0.5) is 11.4 Å². The van der Waals surface area contributed by atoms with E-state index in [2.05, 4.69) is 10.6 Å². The second-order valence-electron chi connectivity index (χ2n) is 4.75. The van der Waals surface area contributed by atoms with E-state index in [9.17, 15) is 19.7 Å². The van der Waals surface area contributed by atoms with E-state index in [1.54, 1.807) is 6.92 Å². The molecule has 0 saturated heterocycles. The first kappa shape index (κ1) is 15.2. The van der Waals surface area contributed by atoms with Crippen LogP contribution in [0.1, 0.15) is 13.3 Å². The molecule has 2 rings (SSSR count). The van der Waals surface area contributed by atoms with Crippen LogP contribution < -0.4 is 10.6 Å². The summed E-state index contributed by atoms with van der Waals surface area (Å²) in [5, 5.41) is 24.8. The van der Waals surface area contributed by atoms with Crippen molar-refractivity contribution >= 4 is 23.2 Å². The molecule has 1 aliphatic heterocycles. The summed E-state index contributed by atoms with van der Waals surface area (Å²) in [6, 6.07) is 7.23. The lowest BCUT2D eigenvalue weighted by Gasteiger charge is -2.22. The Hall–Kier alpha value is -3.21. The largest absolute Gasteiger partial charge is 0.329 e. The first-order chi connectivity index (χ1) is 10.4. The van der Waals surface area contributed by atoms with Crippen LogP contribution in [0.15, 0.2) is 35.5 Å². The fourth-order valence-electron chi connectivity index (χ4n) is 2.16. The number of non-ortho nitro benzene ring substituents is 1. The Bertz CT molecular complexity index is 715. The van der Waals surface area contributed by atoms with E-state index >= 15 is 0 Å². The molecule has 0 spiro atoms. The average molecular weight is 300 g/mol. The summed E-state index contributed by atoms with van der Waals surface area (Å²) in [4.78, 5) is 33.8. The lowest BCUT2D eigenvalue weighted by atomic mass is 9.90. The van der Waals surface area contributed by atoms with Gasteiger partial charge in [0.15, 0.2) is 0 Å². The van der Waals surface area contributed by atoms with Gasteiger partial charge in [0.25, 0.3) is 5.69 Å². The van der Waals surface area contributed by atoms with Gasteiger partial charge in [0.05, 0.1) is 22.5 Å². The number of anilines is 1. The molecule has 112 valence electrons. The molecule has 1 atom stereocenters. The van der Waals surface area contributed by atoms with Crippen molar-refractivity contribution in [1.82, 2.24) is 5.32 Å². The molecule has 0 aromatic heterocycles. The molecule has 1 aromatic carbocycles. The summed E-state index contributed by atoms with van der Waals surface area (Å²) in [6.07, 6.45) is -0.112. The molecule has 0 unspecified atom stereocenters. The van der Waals surface area contributed by atoms with E-state index in [-0.39, 0.29) is 23.6 Å². The maximum atomic E-state index is 12.2. The lowest BCUT2D eigenvalue weighted by molar-refractivity contribution is -0.384. The number of nitro benzene ring substituents is 1. The number of rotatable bonds is 3. The van der Waals surface area contributed by atoms with Crippen LogP contribution in [0.5, 0.6) is 0 Å². The third kappa shape index (κ3) is 3.09. The molecular formula is C14H12N4O4. The number of hydrogen-bond acceptors (Lipinski definition) is 5. The Morgan fingerprint density at radius 3 is 2.64 bits per heavy atom. The molecule has 0 aliphatic carbocycles. The van der Waals surface area contributed by atoms with Crippen LogP contribution in [0.25, 0.3) is 0 Å². The van der Waals surface area contributed by atoms with Crippen LogP contribution >= 0.6 is 0 Å². The van der Waals surface area contributed by atoms with Crippen molar-refractivity contribution in [3.8, 4) is 6.07 Å². The van der Waals surface area contributed by atoms with Gasteiger partial charge in [-0.1, -0.05) is 0 Å². The van der Waals surface area contributed by atoms with Crippen LogP contribution in [-0.2, 0) is 9.59 Å². The van der Waals surface area contributed by atoms with Gasteiger partial charge in [-0.2, -0.15) is 5.26 Å². The highest BCUT2D eigenvalue weighted by Gasteiger charge is 2.31. The van der Waals surface area contributed by atoms with E-state index in [0.717, 1.165) is 0 Å². The van der Waals surface area contributed by atoms with Gasteiger partial charge >= 0.3 is 0 Å². The Morgan fingerprint density at radius 2 is 2.09 bits per heavy atom. The molecule has 2 amide bonds. The van der Waals surface area contributed by atoms with Crippen LogP contribution in [0, 0.1) is 27.4 Å². The molecule has 0 fully saturated rings. The Morgan fingerprint density at radius 1 is 1.45 bits per heavy atom. The van der Waals surface area contributed by atoms with Gasteiger partial charge in [-0.15, -0.1) is 0 Å². The molecule has 8 heteroatoms. The van der Waals surface area contributed by atoms with Crippen LogP contribution in [0.2, 0.25) is 0 Å². The summed E-state index contributed by atoms with van der Waals surface area (Å²) >= 11 is 0. The normalized spacial score (nSPS) is 17.5. The van der Waals surface area contributed by atoms with Crippen LogP contribution in [0.3, 0.4) is 0 Å². The molecule has 22 heavy (non-hydrogen) atoms. The molecule has 1 heterocycles. The van der Waals surface area contributed by atoms with E-state index in [4.69, 9.17) is 5.26 Å². The molecule has 2 N–H and O–H groups in total. The Labute approximate surface area is 125 Å². The van der Waals surface area contributed by atoms with E-state index in [1.807, 2.05) is 6.07 Å². The zero-order chi connectivity index (χ0) is 16.3. The van der Waals surface area contributed by atoms with Crippen molar-refractivity contribution in [3.63, 3.8) is 0 Å². The number of nitriles is 1. The summed E-state index contributed by atoms with van der Waals surface area (Å²) in [5.41, 5.74) is 0.835. The molecule has 0 bridgehead atoms. The zero-order valence-electron chi connectivity index (χ0n) is 11.6. The second-order valence-corrected chi connectivity index (χ2v) is 4.75. The van der Waals surface area contributed by atoms with E-state index in [0.29, 0.717) is 11.4 Å². The number of carbonyl (C=O) groups is 2. The number of nitrogens with zero attached hydrogens (tertiary/aromatic N) is 2.